The van der Waals surface area contributed by atoms with Gasteiger partial charge in [0.25, 0.3) is 0 Å². The van der Waals surface area contributed by atoms with Crippen molar-refractivity contribution in [2.24, 2.45) is 0 Å². The Morgan fingerprint density at radius 2 is 2.00 bits per heavy atom. The van der Waals surface area contributed by atoms with E-state index in [0.29, 0.717) is 15.8 Å². The lowest BCUT2D eigenvalue weighted by Gasteiger charge is -2.12. The smallest absolute Gasteiger partial charge is 0.153 e. The van der Waals surface area contributed by atoms with Crippen molar-refractivity contribution in [3.8, 4) is 5.75 Å². The summed E-state index contributed by atoms with van der Waals surface area (Å²) in [5.74, 6) is 0.228. The minimum Gasteiger partial charge on any atom is -0.488 e. The highest BCUT2D eigenvalue weighted by Gasteiger charge is 2.09. The molecule has 2 rings (SSSR count). The molecule has 0 bridgehead atoms. The molecule has 5 heteroatoms. The van der Waals surface area contributed by atoms with Crippen molar-refractivity contribution >= 4 is 38.1 Å². The molecule has 0 saturated carbocycles. The number of aldehydes is 1. The van der Waals surface area contributed by atoms with Crippen molar-refractivity contribution in [3.63, 3.8) is 0 Å². The molecule has 0 aliphatic rings. The van der Waals surface area contributed by atoms with E-state index in [1.165, 1.54) is 6.07 Å². The number of carbonyl (C=O) groups is 1. The Morgan fingerprint density at radius 1 is 1.25 bits per heavy atom. The summed E-state index contributed by atoms with van der Waals surface area (Å²) in [6, 6.07) is 8.26. The summed E-state index contributed by atoms with van der Waals surface area (Å²) >= 11 is 6.47. The maximum absolute atomic E-state index is 13.1. The molecule has 20 heavy (non-hydrogen) atoms. The molecule has 0 saturated heterocycles. The fraction of sp³-hybridized carbons (Fsp3) is 0.133. The first kappa shape index (κ1) is 15.2. The molecule has 2 aromatic rings. The monoisotopic (exact) mass is 400 g/mol. The predicted molar refractivity (Wildman–Crippen MR) is 82.7 cm³/mol. The van der Waals surface area contributed by atoms with Crippen LogP contribution in [0.2, 0.25) is 0 Å². The van der Waals surface area contributed by atoms with Crippen LogP contribution < -0.4 is 4.74 Å². The van der Waals surface area contributed by atoms with Gasteiger partial charge in [-0.05, 0) is 58.2 Å². The molecule has 0 spiro atoms. The van der Waals surface area contributed by atoms with Crippen molar-refractivity contribution in [2.45, 2.75) is 13.5 Å². The molecule has 0 radical (unpaired) electrons. The van der Waals surface area contributed by atoms with Gasteiger partial charge in [-0.1, -0.05) is 22.0 Å². The number of aryl methyl sites for hydroxylation is 1. The molecule has 104 valence electrons. The standard InChI is InChI=1S/C15H11Br2FO2/c1-9-4-12(16)6-11(7-19)15(9)20-8-10-2-3-14(18)13(17)5-10/h2-7H,8H2,1H3. The number of carbonyl (C=O) groups excluding carboxylic acids is 1. The Morgan fingerprint density at radius 3 is 2.65 bits per heavy atom. The van der Waals surface area contributed by atoms with E-state index >= 15 is 0 Å². The van der Waals surface area contributed by atoms with Gasteiger partial charge >= 0.3 is 0 Å². The number of hydrogen-bond donors (Lipinski definition) is 0. The van der Waals surface area contributed by atoms with Crippen LogP contribution in [0.3, 0.4) is 0 Å². The Balaban J connectivity index is 2.22. The van der Waals surface area contributed by atoms with E-state index in [4.69, 9.17) is 4.74 Å². The maximum Gasteiger partial charge on any atom is 0.153 e. The van der Waals surface area contributed by atoms with Gasteiger partial charge in [-0.3, -0.25) is 4.79 Å². The molecular formula is C15H11Br2FO2. The lowest BCUT2D eigenvalue weighted by atomic mass is 10.1. The molecule has 2 nitrogen and oxygen atoms in total. The number of halogens is 3. The van der Waals surface area contributed by atoms with Crippen molar-refractivity contribution in [1.29, 1.82) is 0 Å². The summed E-state index contributed by atoms with van der Waals surface area (Å²) in [6.45, 7) is 2.13. The molecule has 0 atom stereocenters. The van der Waals surface area contributed by atoms with E-state index in [2.05, 4.69) is 31.9 Å². The number of rotatable bonds is 4. The van der Waals surface area contributed by atoms with Crippen LogP contribution in [0, 0.1) is 12.7 Å². The summed E-state index contributed by atoms with van der Waals surface area (Å²) < 4.78 is 20.1. The molecule has 0 heterocycles. The van der Waals surface area contributed by atoms with Crippen LogP contribution in [0.4, 0.5) is 4.39 Å². The van der Waals surface area contributed by atoms with Gasteiger partial charge in [0.15, 0.2) is 6.29 Å². The zero-order chi connectivity index (χ0) is 14.7. The van der Waals surface area contributed by atoms with Gasteiger partial charge < -0.3 is 4.74 Å². The summed E-state index contributed by atoms with van der Waals surface area (Å²) in [4.78, 5) is 11.1. The SMILES string of the molecule is Cc1cc(Br)cc(C=O)c1OCc1ccc(F)c(Br)c1. The van der Waals surface area contributed by atoms with Crippen molar-refractivity contribution in [2.75, 3.05) is 0 Å². The normalized spacial score (nSPS) is 10.4. The third kappa shape index (κ3) is 3.46. The second kappa shape index (κ2) is 6.50. The van der Waals surface area contributed by atoms with Crippen molar-refractivity contribution in [1.82, 2.24) is 0 Å². The van der Waals surface area contributed by atoms with E-state index in [0.717, 1.165) is 21.9 Å². The molecular weight excluding hydrogens is 391 g/mol. The molecule has 0 amide bonds. The molecule has 0 unspecified atom stereocenters. The maximum atomic E-state index is 13.1. The van der Waals surface area contributed by atoms with Crippen LogP contribution in [0.25, 0.3) is 0 Å². The summed E-state index contributed by atoms with van der Waals surface area (Å²) in [5.41, 5.74) is 2.16. The minimum atomic E-state index is -0.317. The van der Waals surface area contributed by atoms with E-state index in [1.54, 1.807) is 18.2 Å². The zero-order valence-electron chi connectivity index (χ0n) is 10.6. The predicted octanol–water partition coefficient (Wildman–Crippen LogP) is 5.05. The fourth-order valence-corrected chi connectivity index (χ4v) is 2.84. The van der Waals surface area contributed by atoms with Crippen LogP contribution in [0.5, 0.6) is 5.75 Å². The third-order valence-corrected chi connectivity index (χ3v) is 3.83. The Labute approximate surface area is 133 Å². The van der Waals surface area contributed by atoms with Gasteiger partial charge in [-0.2, -0.15) is 0 Å². The van der Waals surface area contributed by atoms with Gasteiger partial charge in [-0.15, -0.1) is 0 Å². The van der Waals surface area contributed by atoms with Crippen LogP contribution in [0.15, 0.2) is 39.3 Å². The lowest BCUT2D eigenvalue weighted by molar-refractivity contribution is 0.111. The average Bonchev–Trinajstić information content (AvgIpc) is 2.40. The Kier molecular flexibility index (Phi) is 4.94. The molecule has 0 N–H and O–H groups in total. The number of hydrogen-bond acceptors (Lipinski definition) is 2. The van der Waals surface area contributed by atoms with Crippen LogP contribution in [-0.2, 0) is 6.61 Å². The summed E-state index contributed by atoms with van der Waals surface area (Å²) in [5, 5.41) is 0. The molecule has 2 aromatic carbocycles. The van der Waals surface area contributed by atoms with Crippen molar-refractivity contribution < 1.29 is 13.9 Å². The average molecular weight is 402 g/mol. The highest BCUT2D eigenvalue weighted by molar-refractivity contribution is 9.10. The first-order valence-electron chi connectivity index (χ1n) is 5.83. The zero-order valence-corrected chi connectivity index (χ0v) is 13.8. The molecule has 0 aromatic heterocycles. The van der Waals surface area contributed by atoms with Gasteiger partial charge in [-0.25, -0.2) is 4.39 Å². The van der Waals surface area contributed by atoms with Crippen molar-refractivity contribution in [3.05, 3.63) is 61.8 Å². The highest BCUT2D eigenvalue weighted by Crippen LogP contribution is 2.28. The molecule has 0 aliphatic heterocycles. The van der Waals surface area contributed by atoms with Gasteiger partial charge in [0.2, 0.25) is 0 Å². The third-order valence-electron chi connectivity index (χ3n) is 2.76. The van der Waals surface area contributed by atoms with E-state index < -0.39 is 0 Å². The fourth-order valence-electron chi connectivity index (χ4n) is 1.83. The van der Waals surface area contributed by atoms with Crippen LogP contribution in [-0.4, -0.2) is 6.29 Å². The minimum absolute atomic E-state index is 0.266. The molecule has 0 aliphatic carbocycles. The Hall–Kier alpha value is -1.20. The molecule has 0 fully saturated rings. The quantitative estimate of drug-likeness (QED) is 0.670. The lowest BCUT2D eigenvalue weighted by Crippen LogP contribution is -2.01. The largest absolute Gasteiger partial charge is 0.488 e. The summed E-state index contributed by atoms with van der Waals surface area (Å²) in [6.07, 6.45) is 0.758. The van der Waals surface area contributed by atoms with Gasteiger partial charge in [0.05, 0.1) is 10.0 Å². The number of ether oxygens (including phenoxy) is 1. The van der Waals surface area contributed by atoms with Gasteiger partial charge in [0, 0.05) is 4.47 Å². The van der Waals surface area contributed by atoms with Crippen LogP contribution >= 0.6 is 31.9 Å². The Bertz CT molecular complexity index is 657. The van der Waals surface area contributed by atoms with E-state index in [-0.39, 0.29) is 12.4 Å². The number of benzene rings is 2. The first-order valence-corrected chi connectivity index (χ1v) is 7.42. The highest BCUT2D eigenvalue weighted by atomic mass is 79.9. The summed E-state index contributed by atoms with van der Waals surface area (Å²) in [7, 11) is 0. The van der Waals surface area contributed by atoms with E-state index in [1.807, 2.05) is 13.0 Å². The first-order chi connectivity index (χ1) is 9.51. The van der Waals surface area contributed by atoms with Crippen LogP contribution in [0.1, 0.15) is 21.5 Å². The van der Waals surface area contributed by atoms with Gasteiger partial charge in [0.1, 0.15) is 18.2 Å². The second-order valence-corrected chi connectivity index (χ2v) is 6.07. The topological polar surface area (TPSA) is 26.3 Å². The van der Waals surface area contributed by atoms with E-state index in [9.17, 15) is 9.18 Å². The second-order valence-electron chi connectivity index (χ2n) is 4.30.